The summed E-state index contributed by atoms with van der Waals surface area (Å²) in [6.45, 7) is 5.16. The Labute approximate surface area is 221 Å². The second-order valence-corrected chi connectivity index (χ2v) is 10.7. The molecule has 1 aromatic rings. The van der Waals surface area contributed by atoms with Crippen LogP contribution in [0.2, 0.25) is 0 Å². The first kappa shape index (κ1) is 28.7. The van der Waals surface area contributed by atoms with Crippen molar-refractivity contribution in [2.24, 2.45) is 5.90 Å². The number of carbonyl (C=O) groups excluding carboxylic acids is 1. The minimum absolute atomic E-state index is 0.0913. The van der Waals surface area contributed by atoms with Crippen molar-refractivity contribution in [3.05, 3.63) is 14.7 Å². The molecular formula is C22H32INO10S. The zero-order valence-electron chi connectivity index (χ0n) is 20.1. The number of methoxy groups -OCH3 is 2. The number of nitrogens with two attached hydrogens (primary N) is 1. The van der Waals surface area contributed by atoms with Gasteiger partial charge in [-0.2, -0.15) is 0 Å². The van der Waals surface area contributed by atoms with Crippen LogP contribution in [0.25, 0.3) is 0 Å². The highest BCUT2D eigenvalue weighted by molar-refractivity contribution is 14.1. The molecule has 0 bridgehead atoms. The number of aliphatic hydroxyl groups is 3. The minimum Gasteiger partial charge on any atom is -0.492 e. The van der Waals surface area contributed by atoms with Gasteiger partial charge in [0.2, 0.25) is 17.2 Å². The average molecular weight is 629 g/mol. The monoisotopic (exact) mass is 629 g/mol. The van der Waals surface area contributed by atoms with Crippen LogP contribution < -0.4 is 20.1 Å². The molecule has 5 N–H and O–H groups in total. The van der Waals surface area contributed by atoms with Crippen molar-refractivity contribution in [1.82, 2.24) is 0 Å². The quantitative estimate of drug-likeness (QED) is 0.255. The molecule has 11 nitrogen and oxygen atoms in total. The Bertz CT molecular complexity index is 909. The van der Waals surface area contributed by atoms with Crippen LogP contribution in [0.15, 0.2) is 0 Å². The molecule has 0 radical (unpaired) electrons. The van der Waals surface area contributed by atoms with E-state index in [0.29, 0.717) is 9.13 Å². The molecule has 0 aromatic heterocycles. The Hall–Kier alpha value is -0.910. The minimum atomic E-state index is -1.07. The zero-order chi connectivity index (χ0) is 26.0. The number of benzene rings is 1. The molecule has 2 saturated heterocycles. The predicted octanol–water partition coefficient (Wildman–Crippen LogP) is 1.48. The molecule has 0 unspecified atom stereocenters. The van der Waals surface area contributed by atoms with Gasteiger partial charge in [-0.1, -0.05) is 11.8 Å². The summed E-state index contributed by atoms with van der Waals surface area (Å²) in [6, 6.07) is 0. The van der Waals surface area contributed by atoms with Crippen LogP contribution in [0.1, 0.15) is 42.6 Å². The number of hydrogen-bond donors (Lipinski definition) is 4. The second-order valence-electron chi connectivity index (χ2n) is 8.49. The molecule has 2 aliphatic heterocycles. The lowest BCUT2D eigenvalue weighted by molar-refractivity contribution is -0.229. The molecule has 0 amide bonds. The maximum Gasteiger partial charge on any atom is 0.226 e. The largest absolute Gasteiger partial charge is 0.492 e. The van der Waals surface area contributed by atoms with E-state index >= 15 is 0 Å². The van der Waals surface area contributed by atoms with Gasteiger partial charge in [-0.3, -0.25) is 9.63 Å². The first-order chi connectivity index (χ1) is 16.5. The number of rotatable bonds is 7. The molecule has 3 rings (SSSR count). The Morgan fingerprint density at radius 1 is 1.00 bits per heavy atom. The first-order valence-electron chi connectivity index (χ1n) is 11.1. The summed E-state index contributed by atoms with van der Waals surface area (Å²) in [5, 5.41) is 30.0. The van der Waals surface area contributed by atoms with Gasteiger partial charge in [0.05, 0.1) is 53.0 Å². The van der Waals surface area contributed by atoms with Gasteiger partial charge in [0.25, 0.3) is 0 Å². The van der Waals surface area contributed by atoms with Crippen molar-refractivity contribution < 1.29 is 48.6 Å². The fourth-order valence-electron chi connectivity index (χ4n) is 4.12. The van der Waals surface area contributed by atoms with Crippen molar-refractivity contribution in [2.75, 3.05) is 14.2 Å². The third kappa shape index (κ3) is 5.99. The lowest BCUT2D eigenvalue weighted by Crippen LogP contribution is -2.48. The lowest BCUT2D eigenvalue weighted by Gasteiger charge is -2.36. The SMILES string of the molecule is COc1c(O[C@@H]2O[C@@H](C)[C@H](O)C[C@H]2O)c(I)c(C)c(C(=O)S[C@H]2[C@@H](O)C[C@H](ON)O[C@@H]2C)c1OC. The van der Waals surface area contributed by atoms with Crippen LogP contribution in [-0.4, -0.2) is 83.0 Å². The molecular weight excluding hydrogens is 597 g/mol. The third-order valence-corrected chi connectivity index (χ3v) is 8.80. The molecule has 8 atom stereocenters. The molecule has 2 heterocycles. The van der Waals surface area contributed by atoms with Crippen LogP contribution in [0.5, 0.6) is 17.2 Å². The molecule has 198 valence electrons. The summed E-state index contributed by atoms with van der Waals surface area (Å²) in [4.78, 5) is 18.2. The van der Waals surface area contributed by atoms with Crippen LogP contribution in [0.4, 0.5) is 0 Å². The normalized spacial score (nSPS) is 33.3. The van der Waals surface area contributed by atoms with Crippen molar-refractivity contribution >= 4 is 39.5 Å². The van der Waals surface area contributed by atoms with E-state index in [1.165, 1.54) is 14.2 Å². The Morgan fingerprint density at radius 2 is 1.66 bits per heavy atom. The van der Waals surface area contributed by atoms with E-state index in [4.69, 9.17) is 34.4 Å². The predicted molar refractivity (Wildman–Crippen MR) is 135 cm³/mol. The van der Waals surface area contributed by atoms with Gasteiger partial charge in [-0.15, -0.1) is 0 Å². The highest BCUT2D eigenvalue weighted by Gasteiger charge is 2.40. The zero-order valence-corrected chi connectivity index (χ0v) is 23.1. The van der Waals surface area contributed by atoms with Gasteiger partial charge in [0, 0.05) is 12.8 Å². The number of hydrogen-bond acceptors (Lipinski definition) is 12. The Morgan fingerprint density at radius 3 is 2.23 bits per heavy atom. The van der Waals surface area contributed by atoms with Gasteiger partial charge in [0.1, 0.15) is 6.10 Å². The molecule has 0 saturated carbocycles. The number of thioether (sulfide) groups is 1. The maximum atomic E-state index is 13.5. The molecule has 35 heavy (non-hydrogen) atoms. The number of carbonyl (C=O) groups is 1. The molecule has 0 aliphatic carbocycles. The van der Waals surface area contributed by atoms with Crippen molar-refractivity contribution in [1.29, 1.82) is 0 Å². The summed E-state index contributed by atoms with van der Waals surface area (Å²) in [6.07, 6.45) is -5.38. The highest BCUT2D eigenvalue weighted by Crippen LogP contribution is 2.48. The van der Waals surface area contributed by atoms with Crippen molar-refractivity contribution in [3.63, 3.8) is 0 Å². The van der Waals surface area contributed by atoms with Crippen molar-refractivity contribution in [2.45, 2.75) is 82.0 Å². The summed E-state index contributed by atoms with van der Waals surface area (Å²) < 4.78 is 29.0. The van der Waals surface area contributed by atoms with Crippen molar-refractivity contribution in [3.8, 4) is 17.2 Å². The van der Waals surface area contributed by atoms with Gasteiger partial charge < -0.3 is 39.0 Å². The van der Waals surface area contributed by atoms with E-state index < -0.39 is 48.3 Å². The lowest BCUT2D eigenvalue weighted by atomic mass is 10.0. The van der Waals surface area contributed by atoms with E-state index in [1.54, 1.807) is 20.8 Å². The Balaban J connectivity index is 1.93. The van der Waals surface area contributed by atoms with Crippen LogP contribution >= 0.6 is 34.4 Å². The topological polar surface area (TPSA) is 159 Å². The molecule has 13 heteroatoms. The van der Waals surface area contributed by atoms with Gasteiger partial charge in [-0.05, 0) is 48.9 Å². The molecule has 2 aliphatic rings. The average Bonchev–Trinajstić information content (AvgIpc) is 2.81. The summed E-state index contributed by atoms with van der Waals surface area (Å²) in [7, 11) is 2.82. The smallest absolute Gasteiger partial charge is 0.226 e. The van der Waals surface area contributed by atoms with Crippen LogP contribution in [-0.2, 0) is 14.3 Å². The molecule has 2 fully saturated rings. The number of ether oxygens (including phenoxy) is 5. The van der Waals surface area contributed by atoms with Gasteiger partial charge in [0.15, 0.2) is 17.8 Å². The first-order valence-corrected chi connectivity index (χ1v) is 13.0. The van der Waals surface area contributed by atoms with Crippen LogP contribution in [0.3, 0.4) is 0 Å². The fraction of sp³-hybridized carbons (Fsp3) is 0.682. The third-order valence-electron chi connectivity index (χ3n) is 6.11. The summed E-state index contributed by atoms with van der Waals surface area (Å²) in [5.74, 6) is 5.74. The van der Waals surface area contributed by atoms with Gasteiger partial charge >= 0.3 is 0 Å². The van der Waals surface area contributed by atoms with Gasteiger partial charge in [-0.25, -0.2) is 5.90 Å². The Kier molecular flexibility index (Phi) is 9.90. The summed E-state index contributed by atoms with van der Waals surface area (Å²) in [5.41, 5.74) is 0.827. The van der Waals surface area contributed by atoms with E-state index in [-0.39, 0.29) is 40.8 Å². The van der Waals surface area contributed by atoms with E-state index in [9.17, 15) is 20.1 Å². The molecule has 1 aromatic carbocycles. The number of aliphatic hydroxyl groups excluding tert-OH is 3. The second kappa shape index (κ2) is 12.1. The summed E-state index contributed by atoms with van der Waals surface area (Å²) >= 11 is 2.97. The van der Waals surface area contributed by atoms with E-state index in [2.05, 4.69) is 0 Å². The number of halogens is 1. The standard InChI is InChI=1S/C22H32INO10S/c1-8-15(21(28)35-20-10(3)31-14(34-24)7-12(20)26)17(29-4)19(30-5)18(16(8)23)33-22-13(27)6-11(25)9(2)32-22/h9-14,20,22,25-27H,6-7,24H2,1-5H3/t9-,10+,11+,12-,13+,14-,20+,22-/m0/s1. The van der Waals surface area contributed by atoms with E-state index in [1.807, 2.05) is 22.6 Å². The highest BCUT2D eigenvalue weighted by atomic mass is 127. The van der Waals surface area contributed by atoms with E-state index in [0.717, 1.165) is 11.8 Å². The fourth-order valence-corrected chi connectivity index (χ4v) is 5.90. The van der Waals surface area contributed by atoms with Crippen LogP contribution in [0, 0.1) is 10.5 Å². The molecule has 0 spiro atoms. The maximum absolute atomic E-state index is 13.5.